The van der Waals surface area contributed by atoms with Crippen molar-refractivity contribution in [2.75, 3.05) is 19.6 Å². The maximum absolute atomic E-state index is 12.3. The predicted octanol–water partition coefficient (Wildman–Crippen LogP) is 1.86. The summed E-state index contributed by atoms with van der Waals surface area (Å²) >= 11 is 2.53. The molecule has 1 heterocycles. The third-order valence-electron chi connectivity index (χ3n) is 4.40. The Bertz CT molecular complexity index is 261. The van der Waals surface area contributed by atoms with Crippen LogP contribution in [0, 0.1) is 11.8 Å². The van der Waals surface area contributed by atoms with E-state index in [4.69, 9.17) is 0 Å². The van der Waals surface area contributed by atoms with Crippen LogP contribution in [0.3, 0.4) is 0 Å². The van der Waals surface area contributed by atoms with E-state index < -0.39 is 0 Å². The summed E-state index contributed by atoms with van der Waals surface area (Å²) in [6, 6.07) is 0. The van der Waals surface area contributed by atoms with Crippen molar-refractivity contribution in [3.8, 4) is 0 Å². The summed E-state index contributed by atoms with van der Waals surface area (Å²) in [4.78, 5) is 13.8. The molecule has 1 aliphatic carbocycles. The number of rotatable bonds is 3. The Kier molecular flexibility index (Phi) is 5.27. The van der Waals surface area contributed by atoms with E-state index in [1.54, 1.807) is 4.90 Å². The van der Waals surface area contributed by atoms with E-state index in [0.29, 0.717) is 11.7 Å². The molecule has 1 N–H and O–H groups in total. The molecular formula is C14H25INO+. The molecule has 1 saturated carbocycles. The summed E-state index contributed by atoms with van der Waals surface area (Å²) in [5.74, 6) is 1.76. The molecule has 1 aliphatic heterocycles. The molecule has 0 spiro atoms. The van der Waals surface area contributed by atoms with Gasteiger partial charge < -0.3 is 4.90 Å². The first-order valence-corrected chi connectivity index (χ1v) is 8.40. The van der Waals surface area contributed by atoms with Crippen LogP contribution in [0.4, 0.5) is 0 Å². The molecule has 2 atom stereocenters. The molecule has 3 heteroatoms. The van der Waals surface area contributed by atoms with Gasteiger partial charge in [-0.25, -0.2) is 0 Å². The van der Waals surface area contributed by atoms with Crippen LogP contribution in [0.2, 0.25) is 0 Å². The number of Topliss-reactive ketones (excluding diaryl/α,β-unsaturated/α-hetero) is 1. The summed E-state index contributed by atoms with van der Waals surface area (Å²) in [5, 5.41) is 0. The summed E-state index contributed by atoms with van der Waals surface area (Å²) in [6.45, 7) is 5.57. The number of carbonyl (C=O) groups is 1. The molecule has 2 unspecified atom stereocenters. The van der Waals surface area contributed by atoms with E-state index in [2.05, 4.69) is 29.5 Å². The van der Waals surface area contributed by atoms with Crippen molar-refractivity contribution in [2.45, 2.75) is 49.4 Å². The van der Waals surface area contributed by atoms with E-state index in [1.165, 1.54) is 38.8 Å². The Morgan fingerprint density at radius 1 is 1.24 bits per heavy atom. The van der Waals surface area contributed by atoms with Crippen molar-refractivity contribution < 1.29 is 9.69 Å². The lowest BCUT2D eigenvalue weighted by Crippen LogP contribution is -3.14. The Morgan fingerprint density at radius 2 is 1.94 bits per heavy atom. The van der Waals surface area contributed by atoms with E-state index in [9.17, 15) is 4.79 Å². The Labute approximate surface area is 119 Å². The average molecular weight is 350 g/mol. The number of carbonyl (C=O) groups excluding carboxylic acids is 1. The lowest BCUT2D eigenvalue weighted by atomic mass is 9.85. The van der Waals surface area contributed by atoms with Gasteiger partial charge in [0, 0.05) is 15.8 Å². The summed E-state index contributed by atoms with van der Waals surface area (Å²) < 4.78 is 0.819. The fraction of sp³-hybridized carbons (Fsp3) is 0.929. The second kappa shape index (κ2) is 6.50. The quantitative estimate of drug-likeness (QED) is 0.609. The minimum Gasteiger partial charge on any atom is -0.329 e. The van der Waals surface area contributed by atoms with Crippen molar-refractivity contribution in [2.24, 2.45) is 11.8 Å². The average Bonchev–Trinajstić information content (AvgIpc) is 2.29. The molecule has 0 aromatic carbocycles. The van der Waals surface area contributed by atoms with Gasteiger partial charge in [0.15, 0.2) is 5.78 Å². The van der Waals surface area contributed by atoms with Gasteiger partial charge in [-0.1, -0.05) is 29.5 Å². The first-order valence-electron chi connectivity index (χ1n) is 7.15. The van der Waals surface area contributed by atoms with Gasteiger partial charge in [-0.2, -0.15) is 0 Å². The lowest BCUT2D eigenvalue weighted by Gasteiger charge is -2.30. The molecule has 2 nitrogen and oxygen atoms in total. The number of hydrogen-bond donors (Lipinski definition) is 1. The number of nitrogens with one attached hydrogen (secondary N) is 1. The minimum absolute atomic E-state index is 0.394. The van der Waals surface area contributed by atoms with Crippen molar-refractivity contribution in [3.05, 3.63) is 0 Å². The van der Waals surface area contributed by atoms with Gasteiger partial charge in [-0.3, -0.25) is 4.79 Å². The molecule has 0 aromatic rings. The highest BCUT2D eigenvalue weighted by Crippen LogP contribution is 2.29. The number of halogens is 1. The van der Waals surface area contributed by atoms with Crippen LogP contribution in [-0.4, -0.2) is 29.3 Å². The number of piperidine rings is 1. The number of hydrogen-bond acceptors (Lipinski definition) is 1. The molecule has 2 rings (SSSR count). The van der Waals surface area contributed by atoms with Crippen molar-refractivity contribution >= 4 is 28.4 Å². The highest BCUT2D eigenvalue weighted by molar-refractivity contribution is 14.1. The van der Waals surface area contributed by atoms with E-state index in [0.717, 1.165) is 29.2 Å². The standard InChI is InChI=1S/C14H24INO/c1-11-3-2-8-16(9-11)10-14(17)12-4-6-13(15)7-5-12/h11-13H,2-10H2,1H3/p+1. The summed E-state index contributed by atoms with van der Waals surface area (Å²) in [5.41, 5.74) is 0. The van der Waals surface area contributed by atoms with Gasteiger partial charge in [0.2, 0.25) is 0 Å². The summed E-state index contributed by atoms with van der Waals surface area (Å²) in [7, 11) is 0. The number of quaternary nitrogens is 1. The van der Waals surface area contributed by atoms with Crippen LogP contribution in [0.1, 0.15) is 45.4 Å². The Hall–Kier alpha value is 0.360. The van der Waals surface area contributed by atoms with E-state index >= 15 is 0 Å². The van der Waals surface area contributed by atoms with Gasteiger partial charge in [0.05, 0.1) is 13.1 Å². The smallest absolute Gasteiger partial charge is 0.189 e. The second-order valence-electron chi connectivity index (χ2n) is 6.04. The van der Waals surface area contributed by atoms with Gasteiger partial charge in [-0.15, -0.1) is 0 Å². The van der Waals surface area contributed by atoms with Crippen LogP contribution in [0.15, 0.2) is 0 Å². The largest absolute Gasteiger partial charge is 0.329 e. The second-order valence-corrected chi connectivity index (χ2v) is 7.81. The van der Waals surface area contributed by atoms with Crippen LogP contribution < -0.4 is 4.90 Å². The van der Waals surface area contributed by atoms with Crippen molar-refractivity contribution in [3.63, 3.8) is 0 Å². The monoisotopic (exact) mass is 350 g/mol. The third kappa shape index (κ3) is 4.19. The third-order valence-corrected chi connectivity index (χ3v) is 5.65. The minimum atomic E-state index is 0.394. The first kappa shape index (κ1) is 13.8. The normalized spacial score (nSPS) is 38.9. The molecule has 17 heavy (non-hydrogen) atoms. The zero-order valence-corrected chi connectivity index (χ0v) is 13.0. The van der Waals surface area contributed by atoms with Gasteiger partial charge >= 0.3 is 0 Å². The lowest BCUT2D eigenvalue weighted by molar-refractivity contribution is -0.900. The topological polar surface area (TPSA) is 21.5 Å². The number of ketones is 1. The van der Waals surface area contributed by atoms with Crippen LogP contribution >= 0.6 is 22.6 Å². The van der Waals surface area contributed by atoms with Crippen LogP contribution in [0.5, 0.6) is 0 Å². The summed E-state index contributed by atoms with van der Waals surface area (Å²) in [6.07, 6.45) is 7.47. The van der Waals surface area contributed by atoms with E-state index in [1.807, 2.05) is 0 Å². The Morgan fingerprint density at radius 3 is 2.59 bits per heavy atom. The zero-order chi connectivity index (χ0) is 12.3. The molecule has 98 valence electrons. The highest BCUT2D eigenvalue weighted by Gasteiger charge is 2.29. The van der Waals surface area contributed by atoms with Gasteiger partial charge in [-0.05, 0) is 38.5 Å². The number of alkyl halides is 1. The SMILES string of the molecule is CC1CCC[NH+](CC(=O)C2CCC(I)CC2)C1. The highest BCUT2D eigenvalue weighted by atomic mass is 127. The van der Waals surface area contributed by atoms with Crippen molar-refractivity contribution in [1.82, 2.24) is 0 Å². The van der Waals surface area contributed by atoms with Crippen LogP contribution in [-0.2, 0) is 4.79 Å². The first-order chi connectivity index (χ1) is 8.15. The molecule has 0 aromatic heterocycles. The van der Waals surface area contributed by atoms with E-state index in [-0.39, 0.29) is 0 Å². The molecule has 0 amide bonds. The van der Waals surface area contributed by atoms with Gasteiger partial charge in [0.1, 0.15) is 6.54 Å². The molecule has 2 fully saturated rings. The maximum atomic E-state index is 12.3. The molecular weight excluding hydrogens is 325 g/mol. The van der Waals surface area contributed by atoms with Gasteiger partial charge in [0.25, 0.3) is 0 Å². The van der Waals surface area contributed by atoms with Crippen molar-refractivity contribution in [1.29, 1.82) is 0 Å². The fourth-order valence-electron chi connectivity index (χ4n) is 3.32. The Balaban J connectivity index is 1.76. The predicted molar refractivity (Wildman–Crippen MR) is 78.7 cm³/mol. The molecule has 1 saturated heterocycles. The van der Waals surface area contributed by atoms with Crippen LogP contribution in [0.25, 0.3) is 0 Å². The maximum Gasteiger partial charge on any atom is 0.189 e. The fourth-order valence-corrected chi connectivity index (χ4v) is 4.04. The molecule has 2 aliphatic rings. The molecule has 0 bridgehead atoms. The number of likely N-dealkylation sites (tertiary alicyclic amines) is 1. The molecule has 0 radical (unpaired) electrons. The zero-order valence-electron chi connectivity index (χ0n) is 10.9.